The number of ether oxygens (including phenoxy) is 3. The maximum Gasteiger partial charge on any atom is 0.472 e. The highest BCUT2D eigenvalue weighted by Crippen LogP contribution is 2.45. The third kappa shape index (κ3) is 13.3. The normalized spacial score (nSPS) is 16.7. The van der Waals surface area contributed by atoms with Crippen LogP contribution in [0.5, 0.6) is 0 Å². The summed E-state index contributed by atoms with van der Waals surface area (Å²) >= 11 is 3.40. The standard InChI is InChI=1S/C25H44BrN4O10P/c1-10-36-20(31)23(2,3)17-24(4,18-25(5,26)22(33)38-16-19-15-29(6)28-27-19)21(32)37-13-14-40-41(34,35)39-12-11-30(7,8)9/h15H,10-14,16-18H2,1-9H3/p+1. The van der Waals surface area contributed by atoms with E-state index in [1.54, 1.807) is 47.9 Å². The van der Waals surface area contributed by atoms with Crippen LogP contribution in [0.15, 0.2) is 6.20 Å². The lowest BCUT2D eigenvalue weighted by molar-refractivity contribution is -0.870. The van der Waals surface area contributed by atoms with Gasteiger partial charge in [-0.15, -0.1) is 5.10 Å². The van der Waals surface area contributed by atoms with Crippen LogP contribution in [-0.4, -0.2) is 101 Å². The van der Waals surface area contributed by atoms with E-state index < -0.39 is 47.5 Å². The van der Waals surface area contributed by atoms with Gasteiger partial charge in [-0.2, -0.15) is 0 Å². The van der Waals surface area contributed by atoms with E-state index in [2.05, 4.69) is 26.2 Å². The number of carbonyl (C=O) groups is 3. The fraction of sp³-hybridized carbons (Fsp3) is 0.800. The van der Waals surface area contributed by atoms with Gasteiger partial charge in [0.1, 0.15) is 36.4 Å². The Labute approximate surface area is 250 Å². The number of aryl methyl sites for hydroxylation is 1. The minimum absolute atomic E-state index is 0.00510. The molecule has 14 nitrogen and oxygen atoms in total. The molecular formula is C25H45BrN4O10P+. The summed E-state index contributed by atoms with van der Waals surface area (Å²) in [4.78, 5) is 49.0. The number of hydrogen-bond acceptors (Lipinski definition) is 11. The molecular weight excluding hydrogens is 627 g/mol. The highest BCUT2D eigenvalue weighted by atomic mass is 79.9. The van der Waals surface area contributed by atoms with Crippen molar-refractivity contribution in [3.05, 3.63) is 11.9 Å². The topological polar surface area (TPSA) is 165 Å². The molecule has 1 aromatic heterocycles. The molecule has 0 aromatic carbocycles. The first-order chi connectivity index (χ1) is 18.6. The first-order valence-corrected chi connectivity index (χ1v) is 15.4. The Morgan fingerprint density at radius 2 is 1.59 bits per heavy atom. The number of aromatic nitrogens is 3. The number of nitrogens with zero attached hydrogens (tertiary/aromatic N) is 4. The number of rotatable bonds is 18. The zero-order chi connectivity index (χ0) is 31.7. The molecule has 41 heavy (non-hydrogen) atoms. The number of halogens is 1. The van der Waals surface area contributed by atoms with Crippen LogP contribution in [0.25, 0.3) is 0 Å². The molecule has 3 unspecified atom stereocenters. The number of esters is 3. The quantitative estimate of drug-likeness (QED) is 0.0607. The second-order valence-corrected chi connectivity index (χ2v) is 15.2. The van der Waals surface area contributed by atoms with Crippen LogP contribution in [0.1, 0.15) is 53.2 Å². The van der Waals surface area contributed by atoms with Crippen LogP contribution >= 0.6 is 23.8 Å². The molecule has 0 aliphatic carbocycles. The SMILES string of the molecule is CCOC(=O)C(C)(C)CC(C)(CC(C)(Br)C(=O)OCc1cn(C)nn1)C(=O)OCCOP(=O)(O)OCC[N+](C)(C)C. The summed E-state index contributed by atoms with van der Waals surface area (Å²) in [6.07, 6.45) is 1.45. The van der Waals surface area contributed by atoms with Crippen LogP contribution in [0.3, 0.4) is 0 Å². The number of carbonyl (C=O) groups excluding carboxylic acids is 3. The first-order valence-electron chi connectivity index (χ1n) is 13.1. The summed E-state index contributed by atoms with van der Waals surface area (Å²) in [5.41, 5.74) is -2.07. The molecule has 0 bridgehead atoms. The smallest absolute Gasteiger partial charge is 0.466 e. The van der Waals surface area contributed by atoms with Gasteiger partial charge in [-0.25, -0.2) is 4.57 Å². The summed E-state index contributed by atoms with van der Waals surface area (Å²) in [6, 6.07) is 0. The van der Waals surface area contributed by atoms with Gasteiger partial charge in [0.05, 0.1) is 51.4 Å². The summed E-state index contributed by atoms with van der Waals surface area (Å²) in [6.45, 7) is 7.78. The van der Waals surface area contributed by atoms with Gasteiger partial charge in [0, 0.05) is 7.05 Å². The third-order valence-electron chi connectivity index (χ3n) is 5.89. The molecule has 1 heterocycles. The molecule has 0 fully saturated rings. The van der Waals surface area contributed by atoms with E-state index in [1.165, 1.54) is 4.68 Å². The Morgan fingerprint density at radius 1 is 0.976 bits per heavy atom. The number of likely N-dealkylation sites (N-methyl/N-ethyl adjacent to an activating group) is 1. The van der Waals surface area contributed by atoms with Crippen molar-refractivity contribution in [2.24, 2.45) is 17.9 Å². The van der Waals surface area contributed by atoms with Gasteiger partial charge >= 0.3 is 25.7 Å². The van der Waals surface area contributed by atoms with Gasteiger partial charge in [-0.1, -0.05) is 21.1 Å². The molecule has 0 aliphatic rings. The number of hydrogen-bond donors (Lipinski definition) is 1. The predicted octanol–water partition coefficient (Wildman–Crippen LogP) is 2.77. The molecule has 0 spiro atoms. The second kappa shape index (κ2) is 15.0. The van der Waals surface area contributed by atoms with Crippen LogP contribution in [0.4, 0.5) is 0 Å². The van der Waals surface area contributed by atoms with Gasteiger partial charge in [-0.05, 0) is 47.5 Å². The number of alkyl halides is 1. The average Bonchev–Trinajstić information content (AvgIpc) is 3.23. The molecule has 0 saturated heterocycles. The number of phosphoric ester groups is 1. The van der Waals surface area contributed by atoms with Crippen molar-refractivity contribution < 1.29 is 51.6 Å². The largest absolute Gasteiger partial charge is 0.472 e. The highest BCUT2D eigenvalue weighted by molar-refractivity contribution is 9.10. The minimum atomic E-state index is -4.35. The molecule has 1 N–H and O–H groups in total. The molecule has 0 saturated carbocycles. The second-order valence-electron chi connectivity index (χ2n) is 12.0. The minimum Gasteiger partial charge on any atom is -0.466 e. The van der Waals surface area contributed by atoms with Crippen molar-refractivity contribution >= 4 is 41.7 Å². The number of quaternary nitrogens is 1. The van der Waals surface area contributed by atoms with E-state index in [0.717, 1.165) is 0 Å². The molecule has 1 aromatic rings. The molecule has 16 heteroatoms. The van der Waals surface area contributed by atoms with E-state index in [1.807, 2.05) is 21.1 Å². The average molecular weight is 673 g/mol. The molecule has 236 valence electrons. The zero-order valence-corrected chi connectivity index (χ0v) is 28.0. The van der Waals surface area contributed by atoms with Crippen LogP contribution in [0.2, 0.25) is 0 Å². The van der Waals surface area contributed by atoms with Crippen LogP contribution < -0.4 is 0 Å². The maximum atomic E-state index is 13.4. The fourth-order valence-electron chi connectivity index (χ4n) is 4.07. The van der Waals surface area contributed by atoms with Gasteiger partial charge in [-0.3, -0.25) is 28.1 Å². The van der Waals surface area contributed by atoms with Crippen molar-refractivity contribution in [2.75, 3.05) is 54.1 Å². The lowest BCUT2D eigenvalue weighted by Crippen LogP contribution is -2.45. The maximum absolute atomic E-state index is 13.4. The summed E-state index contributed by atoms with van der Waals surface area (Å²) in [5, 5.41) is 7.67. The zero-order valence-electron chi connectivity index (χ0n) is 25.5. The Balaban J connectivity index is 2.95. The number of phosphoric acid groups is 1. The lowest BCUT2D eigenvalue weighted by Gasteiger charge is -2.37. The molecule has 0 aliphatic heterocycles. The summed E-state index contributed by atoms with van der Waals surface area (Å²) in [5.74, 6) is -1.92. The Kier molecular flexibility index (Phi) is 13.6. The van der Waals surface area contributed by atoms with Crippen molar-refractivity contribution in [1.82, 2.24) is 15.0 Å². The Morgan fingerprint density at radius 3 is 2.12 bits per heavy atom. The molecule has 3 atom stereocenters. The molecule has 0 radical (unpaired) electrons. The Bertz CT molecular complexity index is 1090. The van der Waals surface area contributed by atoms with Crippen LogP contribution in [0, 0.1) is 10.8 Å². The van der Waals surface area contributed by atoms with Gasteiger partial charge in [0.25, 0.3) is 0 Å². The first kappa shape index (κ1) is 37.1. The van der Waals surface area contributed by atoms with Crippen molar-refractivity contribution in [1.29, 1.82) is 0 Å². The summed E-state index contributed by atoms with van der Waals surface area (Å²) < 4.78 is 38.7. The van der Waals surface area contributed by atoms with E-state index in [9.17, 15) is 23.8 Å². The molecule has 0 amide bonds. The van der Waals surface area contributed by atoms with Gasteiger partial charge < -0.3 is 23.6 Å². The highest BCUT2D eigenvalue weighted by Gasteiger charge is 2.49. The van der Waals surface area contributed by atoms with E-state index >= 15 is 0 Å². The molecule has 1 rings (SSSR count). The van der Waals surface area contributed by atoms with E-state index in [-0.39, 0.29) is 39.3 Å². The third-order valence-corrected chi connectivity index (χ3v) is 7.51. The lowest BCUT2D eigenvalue weighted by atomic mass is 9.69. The van der Waals surface area contributed by atoms with E-state index in [4.69, 9.17) is 23.3 Å². The van der Waals surface area contributed by atoms with Crippen molar-refractivity contribution in [2.45, 2.75) is 58.4 Å². The predicted molar refractivity (Wildman–Crippen MR) is 151 cm³/mol. The van der Waals surface area contributed by atoms with Gasteiger partial charge in [0.2, 0.25) is 0 Å². The van der Waals surface area contributed by atoms with Crippen molar-refractivity contribution in [3.63, 3.8) is 0 Å². The fourth-order valence-corrected chi connectivity index (χ4v) is 5.49. The van der Waals surface area contributed by atoms with Gasteiger partial charge in [0.15, 0.2) is 0 Å². The summed E-state index contributed by atoms with van der Waals surface area (Å²) in [7, 11) is 3.04. The van der Waals surface area contributed by atoms with Crippen molar-refractivity contribution in [3.8, 4) is 0 Å². The van der Waals surface area contributed by atoms with Crippen LogP contribution in [-0.2, 0) is 55.9 Å². The monoisotopic (exact) mass is 671 g/mol. The van der Waals surface area contributed by atoms with E-state index in [0.29, 0.717) is 16.7 Å². The Hall–Kier alpha value is -1.90.